The van der Waals surface area contributed by atoms with Crippen molar-refractivity contribution in [3.63, 3.8) is 0 Å². The van der Waals surface area contributed by atoms with Crippen LogP contribution in [0.15, 0.2) is 23.0 Å². The summed E-state index contributed by atoms with van der Waals surface area (Å²) in [5.41, 5.74) is 4.44. The molecule has 1 unspecified atom stereocenters. The number of aromatic amines is 1. The number of H-pyrrole nitrogens is 1. The lowest BCUT2D eigenvalue weighted by Crippen LogP contribution is -2.49. The van der Waals surface area contributed by atoms with Gasteiger partial charge in [-0.1, -0.05) is 24.3 Å². The molecule has 7 nitrogen and oxygen atoms in total. The average molecular weight is 342 g/mol. The van der Waals surface area contributed by atoms with Gasteiger partial charge in [-0.2, -0.15) is 5.10 Å². The van der Waals surface area contributed by atoms with Crippen molar-refractivity contribution < 1.29 is 9.90 Å². The number of carbonyl (C=O) groups is 1. The van der Waals surface area contributed by atoms with Gasteiger partial charge in [-0.3, -0.25) is 14.3 Å². The van der Waals surface area contributed by atoms with E-state index in [0.29, 0.717) is 18.9 Å². The molecule has 0 amide bonds. The van der Waals surface area contributed by atoms with Crippen LogP contribution in [0.25, 0.3) is 6.08 Å². The van der Waals surface area contributed by atoms with Crippen molar-refractivity contribution in [2.75, 3.05) is 6.54 Å². The maximum atomic E-state index is 11.7. The van der Waals surface area contributed by atoms with Gasteiger partial charge in [-0.25, -0.2) is 9.89 Å². The second-order valence-electron chi connectivity index (χ2n) is 6.53. The summed E-state index contributed by atoms with van der Waals surface area (Å²) < 4.78 is 1.40. The highest BCUT2D eigenvalue weighted by atomic mass is 16.4. The molecule has 0 fully saturated rings. The molecule has 7 heteroatoms. The van der Waals surface area contributed by atoms with Gasteiger partial charge in [0.2, 0.25) is 0 Å². The molecule has 0 spiro atoms. The van der Waals surface area contributed by atoms with Crippen LogP contribution in [0.5, 0.6) is 0 Å². The molecule has 3 rings (SSSR count). The Hall–Kier alpha value is -2.67. The molecule has 0 aliphatic carbocycles. The average Bonchev–Trinajstić information content (AvgIpc) is 2.92. The van der Waals surface area contributed by atoms with Crippen molar-refractivity contribution in [1.29, 1.82) is 0 Å². The minimum atomic E-state index is -0.936. The smallest absolute Gasteiger partial charge is 0.343 e. The first kappa shape index (κ1) is 17.2. The van der Waals surface area contributed by atoms with Gasteiger partial charge in [0.05, 0.1) is 13.1 Å². The zero-order valence-corrected chi connectivity index (χ0v) is 14.6. The van der Waals surface area contributed by atoms with Crippen molar-refractivity contribution in [2.45, 2.75) is 39.9 Å². The Labute approximate surface area is 145 Å². The van der Waals surface area contributed by atoms with Gasteiger partial charge in [-0.15, -0.1) is 0 Å². The van der Waals surface area contributed by atoms with E-state index in [1.807, 2.05) is 17.1 Å². The van der Waals surface area contributed by atoms with Gasteiger partial charge in [-0.05, 0) is 43.0 Å². The van der Waals surface area contributed by atoms with E-state index in [1.165, 1.54) is 21.3 Å². The SMILES string of the molecule is Cc1cc(C)c(/C=C/CN2Cc3n[nH]c(=O)n3CC2C(=O)O)cc1C. The quantitative estimate of drug-likeness (QED) is 0.878. The highest BCUT2D eigenvalue weighted by Crippen LogP contribution is 2.18. The Morgan fingerprint density at radius 1 is 1.32 bits per heavy atom. The third kappa shape index (κ3) is 3.41. The Morgan fingerprint density at radius 2 is 2.04 bits per heavy atom. The van der Waals surface area contributed by atoms with Crippen molar-refractivity contribution >= 4 is 12.0 Å². The number of carboxylic acid groups (broad SMARTS) is 1. The van der Waals surface area contributed by atoms with Gasteiger partial charge in [0.1, 0.15) is 11.9 Å². The molecular weight excluding hydrogens is 320 g/mol. The van der Waals surface area contributed by atoms with Crippen molar-refractivity contribution in [2.24, 2.45) is 0 Å². The predicted molar refractivity (Wildman–Crippen MR) is 94.4 cm³/mol. The Bertz CT molecular complexity index is 894. The number of benzene rings is 1. The first-order valence-electron chi connectivity index (χ1n) is 8.22. The number of aryl methyl sites for hydroxylation is 3. The molecule has 1 aromatic heterocycles. The van der Waals surface area contributed by atoms with Gasteiger partial charge in [0.25, 0.3) is 0 Å². The van der Waals surface area contributed by atoms with Gasteiger partial charge < -0.3 is 5.11 Å². The molecule has 0 saturated heterocycles. The maximum Gasteiger partial charge on any atom is 0.343 e. The van der Waals surface area contributed by atoms with E-state index >= 15 is 0 Å². The molecule has 1 atom stereocenters. The molecule has 1 aromatic carbocycles. The third-order valence-electron chi connectivity index (χ3n) is 4.78. The number of carboxylic acids is 1. The van der Waals surface area contributed by atoms with Crippen LogP contribution in [0.2, 0.25) is 0 Å². The Morgan fingerprint density at radius 3 is 2.76 bits per heavy atom. The van der Waals surface area contributed by atoms with Crippen LogP contribution in [-0.4, -0.2) is 43.3 Å². The van der Waals surface area contributed by atoms with E-state index in [1.54, 1.807) is 0 Å². The molecule has 0 bridgehead atoms. The topological polar surface area (TPSA) is 91.2 Å². The maximum absolute atomic E-state index is 11.7. The van der Waals surface area contributed by atoms with E-state index in [9.17, 15) is 14.7 Å². The van der Waals surface area contributed by atoms with Crippen LogP contribution < -0.4 is 5.69 Å². The molecule has 2 N–H and O–H groups in total. The second kappa shape index (κ2) is 6.68. The molecule has 132 valence electrons. The molecular formula is C18H22N4O3. The van der Waals surface area contributed by atoms with E-state index < -0.39 is 12.0 Å². The van der Waals surface area contributed by atoms with E-state index in [2.05, 4.69) is 43.1 Å². The summed E-state index contributed by atoms with van der Waals surface area (Å²) in [5.74, 6) is -0.368. The minimum Gasteiger partial charge on any atom is -0.480 e. The summed E-state index contributed by atoms with van der Waals surface area (Å²) in [7, 11) is 0. The highest BCUT2D eigenvalue weighted by molar-refractivity contribution is 5.73. The fraction of sp³-hybridized carbons (Fsp3) is 0.389. The lowest BCUT2D eigenvalue weighted by atomic mass is 10.0. The summed E-state index contributed by atoms with van der Waals surface area (Å²) in [6.45, 7) is 7.14. The molecule has 0 saturated carbocycles. The summed E-state index contributed by atoms with van der Waals surface area (Å²) in [5, 5.41) is 15.8. The molecule has 25 heavy (non-hydrogen) atoms. The molecule has 2 heterocycles. The fourth-order valence-corrected chi connectivity index (χ4v) is 3.14. The first-order chi connectivity index (χ1) is 11.9. The van der Waals surface area contributed by atoms with Crippen molar-refractivity contribution in [3.05, 3.63) is 56.8 Å². The van der Waals surface area contributed by atoms with Gasteiger partial charge in [0.15, 0.2) is 0 Å². The number of nitrogens with zero attached hydrogens (tertiary/aromatic N) is 3. The normalized spacial score (nSPS) is 17.8. The lowest BCUT2D eigenvalue weighted by molar-refractivity contribution is -0.144. The molecule has 2 aromatic rings. The number of aliphatic carboxylic acids is 1. The standard InChI is InChI=1S/C18H22N4O3/c1-11-7-13(3)14(8-12(11)2)5-4-6-21-10-16-19-20-18(25)22(16)9-15(21)17(23)24/h4-5,7-8,15H,6,9-10H2,1-3H3,(H,20,25)(H,23,24)/b5-4+. The van der Waals surface area contributed by atoms with Crippen LogP contribution in [0.4, 0.5) is 0 Å². The highest BCUT2D eigenvalue weighted by Gasteiger charge is 2.32. The Kier molecular flexibility index (Phi) is 4.59. The summed E-state index contributed by atoms with van der Waals surface area (Å²) in [6.07, 6.45) is 3.99. The van der Waals surface area contributed by atoms with Crippen LogP contribution >= 0.6 is 0 Å². The van der Waals surface area contributed by atoms with Crippen LogP contribution in [-0.2, 0) is 17.9 Å². The number of fused-ring (bicyclic) bond motifs is 1. The fourth-order valence-electron chi connectivity index (χ4n) is 3.14. The lowest BCUT2D eigenvalue weighted by Gasteiger charge is -2.31. The number of hydrogen-bond donors (Lipinski definition) is 2. The minimum absolute atomic E-state index is 0.108. The van der Waals surface area contributed by atoms with Crippen LogP contribution in [0.3, 0.4) is 0 Å². The van der Waals surface area contributed by atoms with Gasteiger partial charge >= 0.3 is 11.7 Å². The largest absolute Gasteiger partial charge is 0.480 e. The third-order valence-corrected chi connectivity index (χ3v) is 4.78. The summed E-state index contributed by atoms with van der Waals surface area (Å²) >= 11 is 0. The van der Waals surface area contributed by atoms with Crippen LogP contribution in [0, 0.1) is 20.8 Å². The predicted octanol–water partition coefficient (Wildman–Crippen LogP) is 1.48. The summed E-state index contributed by atoms with van der Waals surface area (Å²) in [6, 6.07) is 3.55. The molecule has 1 aliphatic heterocycles. The van der Waals surface area contributed by atoms with E-state index in [4.69, 9.17) is 0 Å². The van der Waals surface area contributed by atoms with Crippen molar-refractivity contribution in [1.82, 2.24) is 19.7 Å². The van der Waals surface area contributed by atoms with Crippen molar-refractivity contribution in [3.8, 4) is 0 Å². The number of nitrogens with one attached hydrogen (secondary N) is 1. The number of hydrogen-bond acceptors (Lipinski definition) is 4. The zero-order chi connectivity index (χ0) is 18.1. The molecule has 1 aliphatic rings. The number of aromatic nitrogens is 3. The van der Waals surface area contributed by atoms with E-state index in [-0.39, 0.29) is 12.2 Å². The van der Waals surface area contributed by atoms with E-state index in [0.717, 1.165) is 5.56 Å². The number of rotatable bonds is 4. The first-order valence-corrected chi connectivity index (χ1v) is 8.22. The molecule has 0 radical (unpaired) electrons. The Balaban J connectivity index is 1.78. The summed E-state index contributed by atoms with van der Waals surface area (Å²) in [4.78, 5) is 25.0. The zero-order valence-electron chi connectivity index (χ0n) is 14.6. The second-order valence-corrected chi connectivity index (χ2v) is 6.53. The monoisotopic (exact) mass is 342 g/mol. The van der Waals surface area contributed by atoms with Crippen LogP contribution in [0.1, 0.15) is 28.1 Å². The van der Waals surface area contributed by atoms with Gasteiger partial charge in [0, 0.05) is 6.54 Å².